The molecule has 28 heavy (non-hydrogen) atoms. The molecule has 138 valence electrons. The molecule has 0 radical (unpaired) electrons. The lowest BCUT2D eigenvalue weighted by molar-refractivity contribution is 0.304. The number of H-pyrrole nitrogens is 1. The van der Waals surface area contributed by atoms with Crippen molar-refractivity contribution >= 4 is 17.0 Å². The molecule has 0 aliphatic carbocycles. The number of benzene rings is 2. The zero-order valence-electron chi connectivity index (χ0n) is 15.2. The predicted octanol–water partition coefficient (Wildman–Crippen LogP) is 5.94. The van der Waals surface area contributed by atoms with Crippen molar-refractivity contribution in [2.45, 2.75) is 6.61 Å². The van der Waals surface area contributed by atoms with Gasteiger partial charge >= 0.3 is 0 Å². The molecule has 0 unspecified atom stereocenters. The molecular weight excluding hydrogens is 370 g/mol. The van der Waals surface area contributed by atoms with E-state index < -0.39 is 0 Å². The van der Waals surface area contributed by atoms with Crippen molar-refractivity contribution in [3.8, 4) is 33.5 Å². The summed E-state index contributed by atoms with van der Waals surface area (Å²) in [5.41, 5.74) is 3.44. The van der Waals surface area contributed by atoms with Crippen LogP contribution in [0.1, 0.15) is 5.56 Å². The first kappa shape index (κ1) is 17.8. The summed E-state index contributed by atoms with van der Waals surface area (Å²) in [4.78, 5) is 12.3. The maximum atomic E-state index is 7.00. The second-order valence-electron chi connectivity index (χ2n) is 6.05. The van der Waals surface area contributed by atoms with Gasteiger partial charge < -0.3 is 14.5 Å². The van der Waals surface area contributed by atoms with Crippen LogP contribution in [0.15, 0.2) is 66.2 Å². The van der Waals surface area contributed by atoms with Gasteiger partial charge in [0.25, 0.3) is 0 Å². The van der Waals surface area contributed by atoms with Gasteiger partial charge in [-0.3, -0.25) is 0 Å². The molecule has 0 saturated carbocycles. The Kier molecular flexibility index (Phi) is 5.09. The van der Waals surface area contributed by atoms with Crippen molar-refractivity contribution in [3.63, 3.8) is 0 Å². The first-order valence-corrected chi connectivity index (χ1v) is 9.51. The molecule has 0 aliphatic rings. The minimum atomic E-state index is 0.424. The lowest BCUT2D eigenvalue weighted by atomic mass is 10.1. The smallest absolute Gasteiger partial charge is 0.187 e. The topological polar surface area (TPSA) is 51.5 Å². The van der Waals surface area contributed by atoms with Gasteiger partial charge in [-0.2, -0.15) is 0 Å². The first-order valence-electron chi connectivity index (χ1n) is 8.63. The lowest BCUT2D eigenvalue weighted by Crippen LogP contribution is -1.96. The van der Waals surface area contributed by atoms with Crippen molar-refractivity contribution in [1.29, 1.82) is 0 Å². The molecular formula is C22H17N3O2S. The lowest BCUT2D eigenvalue weighted by Gasteiger charge is -2.11. The third kappa shape index (κ3) is 3.75. The number of imidazole rings is 1. The van der Waals surface area contributed by atoms with Crippen LogP contribution in [0.2, 0.25) is 0 Å². The van der Waals surface area contributed by atoms with Gasteiger partial charge in [0.2, 0.25) is 0 Å². The third-order valence-corrected chi connectivity index (χ3v) is 5.14. The van der Waals surface area contributed by atoms with E-state index in [1.807, 2.05) is 54.0 Å². The zero-order valence-corrected chi connectivity index (χ0v) is 16.0. The fourth-order valence-corrected chi connectivity index (χ4v) is 3.49. The van der Waals surface area contributed by atoms with E-state index >= 15 is 0 Å². The molecule has 2 heterocycles. The second-order valence-corrected chi connectivity index (χ2v) is 7.00. The second kappa shape index (κ2) is 7.99. The van der Waals surface area contributed by atoms with Crippen LogP contribution in [0.3, 0.4) is 0 Å². The van der Waals surface area contributed by atoms with Crippen LogP contribution < -0.4 is 9.47 Å². The van der Waals surface area contributed by atoms with E-state index in [1.54, 1.807) is 30.6 Å². The molecule has 0 spiro atoms. The van der Waals surface area contributed by atoms with Crippen LogP contribution >= 0.6 is 11.3 Å². The highest BCUT2D eigenvalue weighted by Gasteiger charge is 2.12. The summed E-state index contributed by atoms with van der Waals surface area (Å²) >= 11 is 1.64. The fourth-order valence-electron chi connectivity index (χ4n) is 2.81. The first-order chi connectivity index (χ1) is 13.8. The quantitative estimate of drug-likeness (QED) is 0.416. The van der Waals surface area contributed by atoms with Crippen LogP contribution in [-0.2, 0) is 6.61 Å². The van der Waals surface area contributed by atoms with Crippen molar-refractivity contribution in [3.05, 3.63) is 83.2 Å². The number of thiophene rings is 1. The van der Waals surface area contributed by atoms with Crippen molar-refractivity contribution in [2.24, 2.45) is 0 Å². The molecule has 0 aliphatic heterocycles. The van der Waals surface area contributed by atoms with E-state index in [9.17, 15) is 0 Å². The molecule has 0 fully saturated rings. The number of rotatable bonds is 6. The number of nitrogens with one attached hydrogen (secondary N) is 1. The molecule has 4 aromatic rings. The summed E-state index contributed by atoms with van der Waals surface area (Å²) in [6.45, 7) is 7.43. The largest absolute Gasteiger partial charge is 0.496 e. The summed E-state index contributed by atoms with van der Waals surface area (Å²) in [6.07, 6.45) is 1.81. The van der Waals surface area contributed by atoms with Crippen LogP contribution in [0, 0.1) is 6.57 Å². The maximum absolute atomic E-state index is 7.00. The Labute approximate surface area is 167 Å². The standard InChI is InChI=1S/C22H17N3O2S/c1-23-16-7-5-15(6-8-16)14-27-17-9-10-18(20(12-17)26-2)19-13-24-22(25-19)21-4-3-11-28-21/h3-13H,14H2,2H3,(H,24,25). The molecule has 5 nitrogen and oxygen atoms in total. The van der Waals surface area contributed by atoms with Gasteiger partial charge in [-0.05, 0) is 29.1 Å². The van der Waals surface area contributed by atoms with Gasteiger partial charge in [0, 0.05) is 11.6 Å². The molecule has 0 atom stereocenters. The van der Waals surface area contributed by atoms with Gasteiger partial charge in [-0.15, -0.1) is 11.3 Å². The molecule has 0 amide bonds. The molecule has 0 saturated heterocycles. The fraction of sp³-hybridized carbons (Fsp3) is 0.0909. The highest BCUT2D eigenvalue weighted by molar-refractivity contribution is 7.13. The average molecular weight is 387 g/mol. The Balaban J connectivity index is 1.52. The Hall–Kier alpha value is -3.56. The zero-order chi connectivity index (χ0) is 19.3. The molecule has 0 bridgehead atoms. The van der Waals surface area contributed by atoms with E-state index in [0.29, 0.717) is 23.8 Å². The molecule has 4 rings (SSSR count). The summed E-state index contributed by atoms with van der Waals surface area (Å²) in [5.74, 6) is 2.27. The summed E-state index contributed by atoms with van der Waals surface area (Å²) in [7, 11) is 1.64. The normalized spacial score (nSPS) is 10.4. The molecule has 2 aromatic heterocycles. The van der Waals surface area contributed by atoms with Crippen LogP contribution in [0.25, 0.3) is 26.8 Å². The Morgan fingerprint density at radius 2 is 2.00 bits per heavy atom. The number of aromatic nitrogens is 2. The van der Waals surface area contributed by atoms with E-state index in [-0.39, 0.29) is 0 Å². The Morgan fingerprint density at radius 3 is 2.71 bits per heavy atom. The third-order valence-electron chi connectivity index (χ3n) is 4.26. The maximum Gasteiger partial charge on any atom is 0.187 e. The number of hydrogen-bond acceptors (Lipinski definition) is 4. The van der Waals surface area contributed by atoms with Crippen molar-refractivity contribution in [1.82, 2.24) is 9.97 Å². The van der Waals surface area contributed by atoms with Gasteiger partial charge in [-0.1, -0.05) is 30.3 Å². The minimum absolute atomic E-state index is 0.424. The van der Waals surface area contributed by atoms with Crippen molar-refractivity contribution < 1.29 is 9.47 Å². The van der Waals surface area contributed by atoms with E-state index in [2.05, 4.69) is 14.8 Å². The highest BCUT2D eigenvalue weighted by Crippen LogP contribution is 2.34. The van der Waals surface area contributed by atoms with Crippen LogP contribution in [0.4, 0.5) is 5.69 Å². The number of methoxy groups -OCH3 is 1. The molecule has 1 N–H and O–H groups in total. The van der Waals surface area contributed by atoms with Gasteiger partial charge in [0.1, 0.15) is 23.9 Å². The number of aromatic amines is 1. The average Bonchev–Trinajstić information content (AvgIpc) is 3.44. The number of hydrogen-bond donors (Lipinski definition) is 1. The monoisotopic (exact) mass is 387 g/mol. The predicted molar refractivity (Wildman–Crippen MR) is 111 cm³/mol. The van der Waals surface area contributed by atoms with Gasteiger partial charge in [0.15, 0.2) is 5.69 Å². The van der Waals surface area contributed by atoms with E-state index in [4.69, 9.17) is 16.0 Å². The molecule has 6 heteroatoms. The molecule has 2 aromatic carbocycles. The van der Waals surface area contributed by atoms with Gasteiger partial charge in [-0.25, -0.2) is 9.83 Å². The van der Waals surface area contributed by atoms with E-state index in [1.165, 1.54) is 0 Å². The van der Waals surface area contributed by atoms with Gasteiger partial charge in [0.05, 0.1) is 30.4 Å². The van der Waals surface area contributed by atoms with Crippen molar-refractivity contribution in [2.75, 3.05) is 7.11 Å². The van der Waals surface area contributed by atoms with Crippen LogP contribution in [-0.4, -0.2) is 17.1 Å². The van der Waals surface area contributed by atoms with E-state index in [0.717, 1.165) is 27.5 Å². The number of ether oxygens (including phenoxy) is 2. The van der Waals surface area contributed by atoms with Crippen LogP contribution in [0.5, 0.6) is 11.5 Å². The number of nitrogens with zero attached hydrogens (tertiary/aromatic N) is 2. The Morgan fingerprint density at radius 1 is 1.14 bits per heavy atom. The Bertz CT molecular complexity index is 1110. The minimum Gasteiger partial charge on any atom is -0.496 e. The highest BCUT2D eigenvalue weighted by atomic mass is 32.1. The SMILES string of the molecule is [C-]#[N+]c1ccc(COc2ccc(-c3cnc(-c4cccs4)[nH]3)c(OC)c2)cc1. The summed E-state index contributed by atoms with van der Waals surface area (Å²) in [6, 6.07) is 17.2. The summed E-state index contributed by atoms with van der Waals surface area (Å²) in [5, 5.41) is 2.03. The summed E-state index contributed by atoms with van der Waals surface area (Å²) < 4.78 is 11.4.